The molecular weight excluding hydrogens is 156 g/mol. The lowest BCUT2D eigenvalue weighted by molar-refractivity contribution is -0.146. The van der Waals surface area contributed by atoms with Crippen molar-refractivity contribution in [3.63, 3.8) is 0 Å². The summed E-state index contributed by atoms with van der Waals surface area (Å²) in [7, 11) is 1.58. The molecule has 70 valence electrons. The van der Waals surface area contributed by atoms with Crippen molar-refractivity contribution >= 4 is 5.97 Å². The maximum absolute atomic E-state index is 11.0. The summed E-state index contributed by atoms with van der Waals surface area (Å²) in [6, 6.07) is 0. The Labute approximate surface area is 73.4 Å². The maximum Gasteiger partial charge on any atom is 0.333 e. The highest BCUT2D eigenvalue weighted by atomic mass is 16.6. The van der Waals surface area contributed by atoms with E-state index in [4.69, 9.17) is 9.47 Å². The van der Waals surface area contributed by atoms with Crippen molar-refractivity contribution in [2.75, 3.05) is 13.7 Å². The van der Waals surface area contributed by atoms with Crippen molar-refractivity contribution in [3.8, 4) is 0 Å². The van der Waals surface area contributed by atoms with E-state index in [2.05, 4.69) is 6.58 Å². The van der Waals surface area contributed by atoms with Gasteiger partial charge in [0.15, 0.2) is 0 Å². The van der Waals surface area contributed by atoms with Gasteiger partial charge in [0, 0.05) is 12.7 Å². The molecule has 0 bridgehead atoms. The maximum atomic E-state index is 11.0. The minimum atomic E-state index is -0.348. The monoisotopic (exact) mass is 172 g/mol. The molecule has 0 aliphatic carbocycles. The molecule has 12 heavy (non-hydrogen) atoms. The molecule has 0 aliphatic heterocycles. The zero-order valence-corrected chi connectivity index (χ0v) is 7.92. The van der Waals surface area contributed by atoms with Gasteiger partial charge in [0.1, 0.15) is 6.10 Å². The largest absolute Gasteiger partial charge is 0.457 e. The quantitative estimate of drug-likeness (QED) is 0.466. The van der Waals surface area contributed by atoms with Crippen LogP contribution < -0.4 is 0 Å². The number of methoxy groups -OCH3 is 1. The van der Waals surface area contributed by atoms with Crippen molar-refractivity contribution in [3.05, 3.63) is 12.2 Å². The van der Waals surface area contributed by atoms with Crippen molar-refractivity contribution < 1.29 is 14.3 Å². The zero-order valence-electron chi connectivity index (χ0n) is 7.92. The first-order valence-electron chi connectivity index (χ1n) is 3.97. The van der Waals surface area contributed by atoms with Gasteiger partial charge in [-0.1, -0.05) is 13.5 Å². The van der Waals surface area contributed by atoms with Gasteiger partial charge < -0.3 is 9.47 Å². The average molecular weight is 172 g/mol. The van der Waals surface area contributed by atoms with Gasteiger partial charge in [0.2, 0.25) is 0 Å². The Morgan fingerprint density at radius 1 is 1.58 bits per heavy atom. The first-order valence-corrected chi connectivity index (χ1v) is 3.97. The molecule has 0 heterocycles. The van der Waals surface area contributed by atoms with Gasteiger partial charge in [0.25, 0.3) is 0 Å². The summed E-state index contributed by atoms with van der Waals surface area (Å²) in [5.41, 5.74) is 0.421. The zero-order chi connectivity index (χ0) is 9.56. The predicted molar refractivity (Wildman–Crippen MR) is 46.9 cm³/mol. The number of rotatable bonds is 5. The molecule has 0 aromatic rings. The molecule has 0 saturated heterocycles. The third-order valence-corrected chi connectivity index (χ3v) is 1.43. The van der Waals surface area contributed by atoms with Gasteiger partial charge in [-0.3, -0.25) is 0 Å². The van der Waals surface area contributed by atoms with Crippen molar-refractivity contribution in [1.29, 1.82) is 0 Å². The van der Waals surface area contributed by atoms with E-state index >= 15 is 0 Å². The summed E-state index contributed by atoms with van der Waals surface area (Å²) in [4.78, 5) is 11.0. The molecule has 1 unspecified atom stereocenters. The van der Waals surface area contributed by atoms with E-state index in [0.717, 1.165) is 6.42 Å². The Bertz CT molecular complexity index is 163. The Morgan fingerprint density at radius 2 is 2.17 bits per heavy atom. The molecular formula is C9H16O3. The molecule has 3 heteroatoms. The topological polar surface area (TPSA) is 35.5 Å². The fourth-order valence-electron chi connectivity index (χ4n) is 0.673. The number of ether oxygens (including phenoxy) is 2. The van der Waals surface area contributed by atoms with Gasteiger partial charge in [-0.15, -0.1) is 0 Å². The van der Waals surface area contributed by atoms with Crippen LogP contribution in [0.5, 0.6) is 0 Å². The van der Waals surface area contributed by atoms with E-state index in [9.17, 15) is 4.79 Å². The number of hydrogen-bond acceptors (Lipinski definition) is 3. The molecule has 0 N–H and O–H groups in total. The van der Waals surface area contributed by atoms with E-state index in [1.54, 1.807) is 14.0 Å². The molecule has 0 aliphatic rings. The second kappa shape index (κ2) is 5.77. The highest BCUT2D eigenvalue weighted by Gasteiger charge is 2.11. The summed E-state index contributed by atoms with van der Waals surface area (Å²) in [5, 5.41) is 0. The Hall–Kier alpha value is -0.830. The van der Waals surface area contributed by atoms with Gasteiger partial charge in [-0.05, 0) is 13.3 Å². The molecule has 0 saturated carbocycles. The SMILES string of the molecule is C=C(C)C(=O)OC(CC)COC. The van der Waals surface area contributed by atoms with E-state index in [-0.39, 0.29) is 12.1 Å². The fraction of sp³-hybridized carbons (Fsp3) is 0.667. The Kier molecular flexibility index (Phi) is 5.37. The number of carbonyl (C=O) groups is 1. The van der Waals surface area contributed by atoms with Gasteiger partial charge in [-0.25, -0.2) is 4.79 Å². The molecule has 3 nitrogen and oxygen atoms in total. The van der Waals surface area contributed by atoms with E-state index in [1.165, 1.54) is 0 Å². The standard InChI is InChI=1S/C9H16O3/c1-5-8(6-11-4)12-9(10)7(2)3/h8H,2,5-6H2,1,3-4H3. The highest BCUT2D eigenvalue weighted by molar-refractivity contribution is 5.87. The van der Waals surface area contributed by atoms with Crippen LogP contribution in [0.3, 0.4) is 0 Å². The minimum absolute atomic E-state index is 0.154. The van der Waals surface area contributed by atoms with Crippen LogP contribution in [0.15, 0.2) is 12.2 Å². The summed E-state index contributed by atoms with van der Waals surface area (Å²) >= 11 is 0. The highest BCUT2D eigenvalue weighted by Crippen LogP contribution is 2.02. The molecule has 0 aromatic carbocycles. The van der Waals surface area contributed by atoms with Crippen LogP contribution in [0.4, 0.5) is 0 Å². The van der Waals surface area contributed by atoms with Crippen LogP contribution in [-0.2, 0) is 14.3 Å². The fourth-order valence-corrected chi connectivity index (χ4v) is 0.673. The first kappa shape index (κ1) is 11.2. The Morgan fingerprint density at radius 3 is 2.50 bits per heavy atom. The third kappa shape index (κ3) is 4.13. The van der Waals surface area contributed by atoms with E-state index in [0.29, 0.717) is 12.2 Å². The van der Waals surface area contributed by atoms with Gasteiger partial charge in [0.05, 0.1) is 6.61 Å². The molecule has 0 amide bonds. The number of hydrogen-bond donors (Lipinski definition) is 0. The van der Waals surface area contributed by atoms with E-state index in [1.807, 2.05) is 6.92 Å². The number of carbonyl (C=O) groups excluding carboxylic acids is 1. The predicted octanol–water partition coefficient (Wildman–Crippen LogP) is 1.53. The van der Waals surface area contributed by atoms with Crippen LogP contribution in [-0.4, -0.2) is 25.8 Å². The van der Waals surface area contributed by atoms with Crippen molar-refractivity contribution in [2.24, 2.45) is 0 Å². The smallest absolute Gasteiger partial charge is 0.333 e. The van der Waals surface area contributed by atoms with Crippen molar-refractivity contribution in [1.82, 2.24) is 0 Å². The van der Waals surface area contributed by atoms with E-state index < -0.39 is 0 Å². The van der Waals surface area contributed by atoms with Crippen LogP contribution in [0.1, 0.15) is 20.3 Å². The summed E-state index contributed by atoms with van der Waals surface area (Å²) in [6.45, 7) is 7.49. The van der Waals surface area contributed by atoms with Crippen LogP contribution in [0.25, 0.3) is 0 Å². The Balaban J connectivity index is 3.85. The second-order valence-electron chi connectivity index (χ2n) is 2.67. The lowest BCUT2D eigenvalue weighted by Gasteiger charge is -2.14. The third-order valence-electron chi connectivity index (χ3n) is 1.43. The van der Waals surface area contributed by atoms with Gasteiger partial charge in [-0.2, -0.15) is 0 Å². The average Bonchev–Trinajstić information content (AvgIpc) is 2.03. The lowest BCUT2D eigenvalue weighted by atomic mass is 10.3. The first-order chi connectivity index (χ1) is 5.61. The molecule has 0 rings (SSSR count). The molecule has 0 radical (unpaired) electrons. The number of esters is 1. The van der Waals surface area contributed by atoms with Crippen LogP contribution in [0.2, 0.25) is 0 Å². The summed E-state index contributed by atoms with van der Waals surface area (Å²) < 4.78 is 9.91. The van der Waals surface area contributed by atoms with Gasteiger partial charge >= 0.3 is 5.97 Å². The molecule has 0 fully saturated rings. The molecule has 1 atom stereocenters. The molecule has 0 aromatic heterocycles. The summed E-state index contributed by atoms with van der Waals surface area (Å²) in [6.07, 6.45) is 0.603. The van der Waals surface area contributed by atoms with Crippen LogP contribution in [0, 0.1) is 0 Å². The van der Waals surface area contributed by atoms with Crippen LogP contribution >= 0.6 is 0 Å². The normalized spacial score (nSPS) is 12.2. The molecule has 0 spiro atoms. The lowest BCUT2D eigenvalue weighted by Crippen LogP contribution is -2.22. The minimum Gasteiger partial charge on any atom is -0.457 e. The van der Waals surface area contributed by atoms with Crippen molar-refractivity contribution in [2.45, 2.75) is 26.4 Å². The second-order valence-corrected chi connectivity index (χ2v) is 2.67. The summed E-state index contributed by atoms with van der Waals surface area (Å²) in [5.74, 6) is -0.348.